The highest BCUT2D eigenvalue weighted by molar-refractivity contribution is 5.78. The van der Waals surface area contributed by atoms with Gasteiger partial charge in [0.25, 0.3) is 0 Å². The Hall–Kier alpha value is -1.04. The third-order valence-electron chi connectivity index (χ3n) is 1.26. The van der Waals surface area contributed by atoms with Crippen molar-refractivity contribution in [3.8, 4) is 6.07 Å². The summed E-state index contributed by atoms with van der Waals surface area (Å²) >= 11 is 0. The van der Waals surface area contributed by atoms with Crippen molar-refractivity contribution in [1.82, 2.24) is 5.32 Å². The van der Waals surface area contributed by atoms with Crippen molar-refractivity contribution in [1.29, 1.82) is 5.26 Å². The van der Waals surface area contributed by atoms with Crippen molar-refractivity contribution in [2.24, 2.45) is 0 Å². The van der Waals surface area contributed by atoms with E-state index >= 15 is 0 Å². The second-order valence-corrected chi connectivity index (χ2v) is 2.21. The number of nitrogens with zero attached hydrogens (tertiary/aromatic N) is 1. The Morgan fingerprint density at radius 2 is 2.40 bits per heavy atom. The summed E-state index contributed by atoms with van der Waals surface area (Å²) in [4.78, 5) is 10.7. The highest BCUT2D eigenvalue weighted by Gasteiger charge is 2.02. The standard InChI is InChI=1S/C7H12N2O/c1-3-6(2)9-7(10)4-5-8/h6H,3-4H2,1-2H3,(H,9,10). The molecule has 3 heteroatoms. The Labute approximate surface area is 61.0 Å². The number of hydrogen-bond donors (Lipinski definition) is 1. The average molecular weight is 140 g/mol. The zero-order chi connectivity index (χ0) is 7.98. The number of nitrogens with one attached hydrogen (secondary N) is 1. The molecule has 0 aromatic rings. The molecule has 0 rings (SSSR count). The topological polar surface area (TPSA) is 52.9 Å². The van der Waals surface area contributed by atoms with Crippen LogP contribution in [0.4, 0.5) is 0 Å². The van der Waals surface area contributed by atoms with Crippen LogP contribution in [0.2, 0.25) is 0 Å². The minimum atomic E-state index is -0.183. The van der Waals surface area contributed by atoms with Gasteiger partial charge in [0.15, 0.2) is 0 Å². The van der Waals surface area contributed by atoms with Crippen molar-refractivity contribution < 1.29 is 4.79 Å². The van der Waals surface area contributed by atoms with Gasteiger partial charge in [-0.15, -0.1) is 0 Å². The van der Waals surface area contributed by atoms with Crippen LogP contribution >= 0.6 is 0 Å². The predicted molar refractivity (Wildman–Crippen MR) is 38.1 cm³/mol. The van der Waals surface area contributed by atoms with E-state index in [1.165, 1.54) is 0 Å². The van der Waals surface area contributed by atoms with Crippen LogP contribution in [0.25, 0.3) is 0 Å². The number of carbonyl (C=O) groups is 1. The lowest BCUT2D eigenvalue weighted by atomic mass is 10.2. The molecule has 1 N–H and O–H groups in total. The number of hydrogen-bond acceptors (Lipinski definition) is 2. The molecule has 0 aliphatic heterocycles. The molecular weight excluding hydrogens is 128 g/mol. The van der Waals surface area contributed by atoms with Crippen molar-refractivity contribution in [3.63, 3.8) is 0 Å². The lowest BCUT2D eigenvalue weighted by Gasteiger charge is -2.08. The summed E-state index contributed by atoms with van der Waals surface area (Å²) in [7, 11) is 0. The van der Waals surface area contributed by atoms with E-state index in [4.69, 9.17) is 5.26 Å². The highest BCUT2D eigenvalue weighted by Crippen LogP contribution is 1.88. The van der Waals surface area contributed by atoms with Crippen LogP contribution in [0, 0.1) is 11.3 Å². The average Bonchev–Trinajstić information content (AvgIpc) is 1.88. The van der Waals surface area contributed by atoms with Crippen LogP contribution < -0.4 is 5.32 Å². The molecule has 0 spiro atoms. The van der Waals surface area contributed by atoms with Crippen LogP contribution in [0.1, 0.15) is 26.7 Å². The monoisotopic (exact) mass is 140 g/mol. The SMILES string of the molecule is CCC(C)NC(=O)CC#N. The second kappa shape index (κ2) is 4.80. The highest BCUT2D eigenvalue weighted by atomic mass is 16.1. The van der Waals surface area contributed by atoms with Gasteiger partial charge in [-0.3, -0.25) is 4.79 Å². The molecule has 0 bridgehead atoms. The number of rotatable bonds is 3. The minimum Gasteiger partial charge on any atom is -0.353 e. The number of amides is 1. The normalized spacial score (nSPS) is 11.7. The van der Waals surface area contributed by atoms with E-state index in [2.05, 4.69) is 5.32 Å². The lowest BCUT2D eigenvalue weighted by Crippen LogP contribution is -2.31. The molecular formula is C7H12N2O. The van der Waals surface area contributed by atoms with Gasteiger partial charge in [0.2, 0.25) is 5.91 Å². The van der Waals surface area contributed by atoms with Gasteiger partial charge in [0.1, 0.15) is 6.42 Å². The van der Waals surface area contributed by atoms with Crippen LogP contribution in [-0.4, -0.2) is 11.9 Å². The summed E-state index contributed by atoms with van der Waals surface area (Å²) in [6.07, 6.45) is 0.863. The van der Waals surface area contributed by atoms with Crippen LogP contribution in [0.15, 0.2) is 0 Å². The van der Waals surface area contributed by atoms with Gasteiger partial charge in [-0.05, 0) is 13.3 Å². The fourth-order valence-electron chi connectivity index (χ4n) is 0.500. The van der Waals surface area contributed by atoms with Crippen molar-refractivity contribution in [3.05, 3.63) is 0 Å². The molecule has 1 unspecified atom stereocenters. The van der Waals surface area contributed by atoms with E-state index in [1.807, 2.05) is 13.8 Å². The molecule has 3 nitrogen and oxygen atoms in total. The summed E-state index contributed by atoms with van der Waals surface area (Å²) in [5.74, 6) is -0.183. The first kappa shape index (κ1) is 8.96. The maximum Gasteiger partial charge on any atom is 0.234 e. The van der Waals surface area contributed by atoms with Gasteiger partial charge in [0.05, 0.1) is 6.07 Å². The Balaban J connectivity index is 3.49. The molecule has 0 radical (unpaired) electrons. The van der Waals surface area contributed by atoms with Gasteiger partial charge in [-0.1, -0.05) is 6.92 Å². The second-order valence-electron chi connectivity index (χ2n) is 2.21. The Bertz CT molecular complexity index is 148. The fraction of sp³-hybridized carbons (Fsp3) is 0.714. The van der Waals surface area contributed by atoms with E-state index in [-0.39, 0.29) is 18.4 Å². The molecule has 0 aromatic heterocycles. The zero-order valence-corrected chi connectivity index (χ0v) is 6.35. The largest absolute Gasteiger partial charge is 0.353 e. The quantitative estimate of drug-likeness (QED) is 0.630. The lowest BCUT2D eigenvalue weighted by molar-refractivity contribution is -0.120. The Kier molecular flexibility index (Phi) is 4.30. The van der Waals surface area contributed by atoms with Gasteiger partial charge in [0, 0.05) is 6.04 Å². The third kappa shape index (κ3) is 3.90. The first-order valence-corrected chi connectivity index (χ1v) is 3.37. The zero-order valence-electron chi connectivity index (χ0n) is 6.35. The molecule has 1 atom stereocenters. The molecule has 0 aromatic carbocycles. The third-order valence-corrected chi connectivity index (χ3v) is 1.26. The molecule has 0 saturated heterocycles. The van der Waals surface area contributed by atoms with E-state index in [9.17, 15) is 4.79 Å². The summed E-state index contributed by atoms with van der Waals surface area (Å²) in [6.45, 7) is 3.90. The fourth-order valence-corrected chi connectivity index (χ4v) is 0.500. The molecule has 0 fully saturated rings. The maximum atomic E-state index is 10.7. The van der Waals surface area contributed by atoms with Gasteiger partial charge < -0.3 is 5.32 Å². The number of nitriles is 1. The Morgan fingerprint density at radius 1 is 1.80 bits per heavy atom. The molecule has 1 amide bonds. The summed E-state index contributed by atoms with van der Waals surface area (Å²) in [5, 5.41) is 10.8. The Morgan fingerprint density at radius 3 is 2.80 bits per heavy atom. The van der Waals surface area contributed by atoms with Gasteiger partial charge >= 0.3 is 0 Å². The minimum absolute atomic E-state index is 0.0374. The first-order valence-electron chi connectivity index (χ1n) is 3.37. The summed E-state index contributed by atoms with van der Waals surface area (Å²) < 4.78 is 0. The van der Waals surface area contributed by atoms with Crippen molar-refractivity contribution in [2.75, 3.05) is 0 Å². The van der Waals surface area contributed by atoms with Gasteiger partial charge in [-0.2, -0.15) is 5.26 Å². The molecule has 10 heavy (non-hydrogen) atoms. The number of carbonyl (C=O) groups excluding carboxylic acids is 1. The van der Waals surface area contributed by atoms with E-state index in [0.29, 0.717) is 0 Å². The summed E-state index contributed by atoms with van der Waals surface area (Å²) in [6, 6.07) is 1.97. The van der Waals surface area contributed by atoms with Crippen molar-refractivity contribution >= 4 is 5.91 Å². The molecule has 0 aliphatic carbocycles. The van der Waals surface area contributed by atoms with E-state index < -0.39 is 0 Å². The summed E-state index contributed by atoms with van der Waals surface area (Å²) in [5.41, 5.74) is 0. The molecule has 0 aliphatic rings. The maximum absolute atomic E-state index is 10.7. The first-order chi connectivity index (χ1) is 4.70. The smallest absolute Gasteiger partial charge is 0.234 e. The molecule has 0 heterocycles. The van der Waals surface area contributed by atoms with E-state index in [0.717, 1.165) is 6.42 Å². The van der Waals surface area contributed by atoms with Crippen molar-refractivity contribution in [2.45, 2.75) is 32.7 Å². The predicted octanol–water partition coefficient (Wildman–Crippen LogP) is 0.815. The van der Waals surface area contributed by atoms with Gasteiger partial charge in [-0.25, -0.2) is 0 Å². The molecule has 56 valence electrons. The van der Waals surface area contributed by atoms with Crippen LogP contribution in [0.5, 0.6) is 0 Å². The molecule has 0 saturated carbocycles. The van der Waals surface area contributed by atoms with Crippen LogP contribution in [0.3, 0.4) is 0 Å². The van der Waals surface area contributed by atoms with Crippen LogP contribution in [-0.2, 0) is 4.79 Å². The van der Waals surface area contributed by atoms with E-state index in [1.54, 1.807) is 6.07 Å².